The second-order valence-electron chi connectivity index (χ2n) is 9.58. The quantitative estimate of drug-likeness (QED) is 0.336. The van der Waals surface area contributed by atoms with Gasteiger partial charge in [0.1, 0.15) is 11.5 Å². The molecule has 38 heavy (non-hydrogen) atoms. The highest BCUT2D eigenvalue weighted by Crippen LogP contribution is 2.33. The molecule has 1 aliphatic carbocycles. The maximum absolute atomic E-state index is 12.1. The van der Waals surface area contributed by atoms with Gasteiger partial charge in [0, 0.05) is 30.6 Å². The van der Waals surface area contributed by atoms with Gasteiger partial charge in [0.25, 0.3) is 0 Å². The highest BCUT2D eigenvalue weighted by Gasteiger charge is 2.26. The molecule has 5 rings (SSSR count). The Morgan fingerprint density at radius 1 is 1.08 bits per heavy atom. The maximum atomic E-state index is 12.1. The van der Waals surface area contributed by atoms with E-state index in [-0.39, 0.29) is 29.9 Å². The van der Waals surface area contributed by atoms with E-state index in [0.717, 1.165) is 36.8 Å². The van der Waals surface area contributed by atoms with Gasteiger partial charge >= 0.3 is 5.97 Å². The van der Waals surface area contributed by atoms with Crippen LogP contribution in [0.4, 0.5) is 5.69 Å². The van der Waals surface area contributed by atoms with Crippen LogP contribution in [0.5, 0.6) is 11.5 Å². The first-order valence-corrected chi connectivity index (χ1v) is 12.9. The molecule has 3 aromatic rings. The van der Waals surface area contributed by atoms with Crippen molar-refractivity contribution in [3.05, 3.63) is 87.9 Å². The summed E-state index contributed by atoms with van der Waals surface area (Å²) in [6, 6.07) is 18.2. The molecule has 0 spiro atoms. The molecular weight excluding hydrogens is 527 g/mol. The number of nitrogens with one attached hydrogen (secondary N) is 1. The van der Waals surface area contributed by atoms with Gasteiger partial charge in [-0.15, -0.1) is 12.4 Å². The van der Waals surface area contributed by atoms with Gasteiger partial charge in [-0.25, -0.2) is 4.79 Å². The van der Waals surface area contributed by atoms with E-state index in [1.54, 1.807) is 24.3 Å². The maximum Gasteiger partial charge on any atom is 0.337 e. The van der Waals surface area contributed by atoms with E-state index < -0.39 is 12.1 Å². The van der Waals surface area contributed by atoms with Crippen molar-refractivity contribution in [1.29, 1.82) is 0 Å². The second-order valence-corrected chi connectivity index (χ2v) is 10.0. The Balaban J connectivity index is 0.00000336. The number of ether oxygens (including phenoxy) is 1. The summed E-state index contributed by atoms with van der Waals surface area (Å²) in [5.41, 5.74) is 3.66. The zero-order chi connectivity index (χ0) is 25.9. The van der Waals surface area contributed by atoms with E-state index in [1.165, 1.54) is 16.5 Å². The monoisotopic (exact) mass is 556 g/mol. The molecule has 0 saturated carbocycles. The van der Waals surface area contributed by atoms with Crippen LogP contribution < -0.4 is 15.0 Å². The number of rotatable bonds is 8. The van der Waals surface area contributed by atoms with Crippen LogP contribution in [0.2, 0.25) is 5.02 Å². The number of aliphatic hydroxyl groups excluding tert-OH is 1. The average Bonchev–Trinajstić information content (AvgIpc) is 3.32. The lowest BCUT2D eigenvalue weighted by atomic mass is 9.88. The Morgan fingerprint density at radius 2 is 1.87 bits per heavy atom. The van der Waals surface area contributed by atoms with Crippen LogP contribution in [0.25, 0.3) is 0 Å². The SMILES string of the molecule is Cl.O=C(O)c1cc(Oc2ccc3c(c2)C[C@@H](NC[C@H](O)c2cccc(Cl)c2)CC3)ccc1N1CCCC1=O. The minimum absolute atomic E-state index is 0. The average molecular weight is 557 g/mol. The van der Waals surface area contributed by atoms with Crippen molar-refractivity contribution in [3.8, 4) is 11.5 Å². The summed E-state index contributed by atoms with van der Waals surface area (Å²) < 4.78 is 6.04. The first-order valence-electron chi connectivity index (χ1n) is 12.5. The van der Waals surface area contributed by atoms with Gasteiger partial charge in [0.15, 0.2) is 0 Å². The summed E-state index contributed by atoms with van der Waals surface area (Å²) in [5.74, 6) is -0.129. The second kappa shape index (κ2) is 12.2. The zero-order valence-corrected chi connectivity index (χ0v) is 22.3. The number of amides is 1. The minimum atomic E-state index is -1.10. The summed E-state index contributed by atoms with van der Waals surface area (Å²) in [5, 5.41) is 24.4. The molecule has 9 heteroatoms. The van der Waals surface area contributed by atoms with Crippen LogP contribution in [-0.2, 0) is 17.6 Å². The van der Waals surface area contributed by atoms with Gasteiger partial charge in [-0.2, -0.15) is 0 Å². The van der Waals surface area contributed by atoms with Gasteiger partial charge in [0.05, 0.1) is 17.4 Å². The number of hydrogen-bond acceptors (Lipinski definition) is 5. The lowest BCUT2D eigenvalue weighted by Crippen LogP contribution is -2.37. The van der Waals surface area contributed by atoms with E-state index in [2.05, 4.69) is 11.4 Å². The van der Waals surface area contributed by atoms with Crippen molar-refractivity contribution >= 4 is 41.6 Å². The van der Waals surface area contributed by atoms with Gasteiger partial charge in [-0.3, -0.25) is 4.79 Å². The van der Waals surface area contributed by atoms with Crippen molar-refractivity contribution < 1.29 is 24.5 Å². The van der Waals surface area contributed by atoms with Crippen LogP contribution in [-0.4, -0.2) is 41.2 Å². The van der Waals surface area contributed by atoms with Crippen molar-refractivity contribution in [2.75, 3.05) is 18.0 Å². The van der Waals surface area contributed by atoms with E-state index >= 15 is 0 Å². The standard InChI is InChI=1S/C29H29ClN2O5.ClH/c30-21-4-1-3-19(13-21)27(33)17-31-22-8-6-18-7-9-23(15-20(18)14-22)37-24-10-11-26(25(16-24)29(35)36)32-12-2-5-28(32)34;/h1,3-4,7,9-11,13,15-16,22,27,31,33H,2,5-6,8,12,14,17H2,(H,35,36);1H/t22-,27-;/m0./s1. The number of aryl methyl sites for hydroxylation is 1. The summed E-state index contributed by atoms with van der Waals surface area (Å²) in [6.45, 7) is 0.954. The van der Waals surface area contributed by atoms with Crippen molar-refractivity contribution in [2.24, 2.45) is 0 Å². The molecule has 0 radical (unpaired) electrons. The number of benzene rings is 3. The van der Waals surface area contributed by atoms with E-state index in [0.29, 0.717) is 41.7 Å². The Labute approximate surface area is 232 Å². The molecule has 2 aliphatic rings. The highest BCUT2D eigenvalue weighted by atomic mass is 35.5. The third kappa shape index (κ3) is 6.30. The topological polar surface area (TPSA) is 99.1 Å². The number of carbonyl (C=O) groups is 2. The Bertz CT molecular complexity index is 1330. The Hall–Kier alpha value is -3.10. The van der Waals surface area contributed by atoms with Crippen LogP contribution in [0, 0.1) is 0 Å². The van der Waals surface area contributed by atoms with Crippen LogP contribution in [0.15, 0.2) is 60.7 Å². The van der Waals surface area contributed by atoms with Gasteiger partial charge in [-0.05, 0) is 84.8 Å². The molecule has 7 nitrogen and oxygen atoms in total. The predicted octanol–water partition coefficient (Wildman–Crippen LogP) is 5.56. The third-order valence-corrected chi connectivity index (χ3v) is 7.27. The number of aliphatic hydroxyl groups is 1. The Kier molecular flexibility index (Phi) is 8.95. The number of fused-ring (bicyclic) bond motifs is 1. The fraction of sp³-hybridized carbons (Fsp3) is 0.310. The molecule has 200 valence electrons. The lowest BCUT2D eigenvalue weighted by Gasteiger charge is -2.27. The first kappa shape index (κ1) is 27.9. The minimum Gasteiger partial charge on any atom is -0.478 e. The number of carbonyl (C=O) groups excluding carboxylic acids is 1. The molecule has 1 heterocycles. The number of halogens is 2. The molecule has 0 aromatic heterocycles. The molecule has 1 amide bonds. The number of aromatic carboxylic acids is 1. The molecule has 1 fully saturated rings. The van der Waals surface area contributed by atoms with Gasteiger partial charge in [-0.1, -0.05) is 29.8 Å². The smallest absolute Gasteiger partial charge is 0.337 e. The normalized spacial score (nSPS) is 17.5. The van der Waals surface area contributed by atoms with Gasteiger partial charge < -0.3 is 25.2 Å². The molecule has 3 aromatic carbocycles. The fourth-order valence-electron chi connectivity index (χ4n) is 5.11. The summed E-state index contributed by atoms with van der Waals surface area (Å²) in [6.07, 6.45) is 3.20. The summed E-state index contributed by atoms with van der Waals surface area (Å²) in [4.78, 5) is 25.6. The van der Waals surface area contributed by atoms with E-state index in [4.69, 9.17) is 16.3 Å². The molecule has 3 N–H and O–H groups in total. The lowest BCUT2D eigenvalue weighted by molar-refractivity contribution is -0.117. The molecule has 0 unspecified atom stereocenters. The molecule has 2 atom stereocenters. The van der Waals surface area contributed by atoms with Crippen molar-refractivity contribution in [3.63, 3.8) is 0 Å². The summed E-state index contributed by atoms with van der Waals surface area (Å²) in [7, 11) is 0. The van der Waals surface area contributed by atoms with Crippen molar-refractivity contribution in [2.45, 2.75) is 44.2 Å². The van der Waals surface area contributed by atoms with E-state index in [9.17, 15) is 19.8 Å². The number of hydrogen-bond donors (Lipinski definition) is 3. The highest BCUT2D eigenvalue weighted by molar-refractivity contribution is 6.30. The number of carboxylic acid groups (broad SMARTS) is 1. The largest absolute Gasteiger partial charge is 0.478 e. The Morgan fingerprint density at radius 3 is 2.61 bits per heavy atom. The molecular formula is C29H30Cl2N2O5. The number of nitrogens with zero attached hydrogens (tertiary/aromatic N) is 1. The molecule has 0 bridgehead atoms. The van der Waals surface area contributed by atoms with Crippen molar-refractivity contribution in [1.82, 2.24) is 5.32 Å². The predicted molar refractivity (Wildman–Crippen MR) is 149 cm³/mol. The van der Waals surface area contributed by atoms with Crippen LogP contribution in [0.3, 0.4) is 0 Å². The molecule has 1 saturated heterocycles. The molecule has 1 aliphatic heterocycles. The van der Waals surface area contributed by atoms with Crippen LogP contribution in [0.1, 0.15) is 52.4 Å². The number of anilines is 1. The summed E-state index contributed by atoms with van der Waals surface area (Å²) >= 11 is 6.05. The number of carboxylic acids is 1. The fourth-order valence-corrected chi connectivity index (χ4v) is 5.30. The first-order chi connectivity index (χ1) is 17.9. The zero-order valence-electron chi connectivity index (χ0n) is 20.7. The van der Waals surface area contributed by atoms with Gasteiger partial charge in [0.2, 0.25) is 5.91 Å². The third-order valence-electron chi connectivity index (χ3n) is 7.04. The van der Waals surface area contributed by atoms with Crippen LogP contribution >= 0.6 is 24.0 Å². The van der Waals surface area contributed by atoms with E-state index in [1.807, 2.05) is 24.3 Å².